The molecule has 2 aromatic rings. The predicted octanol–water partition coefficient (Wildman–Crippen LogP) is 5.94. The number of carboxylic acids is 2. The Morgan fingerprint density at radius 3 is 1.55 bits per heavy atom. The summed E-state index contributed by atoms with van der Waals surface area (Å²) in [5, 5.41) is 23.7. The molecule has 8 heteroatoms. The molecule has 214 valence electrons. The molecule has 0 aromatic heterocycles. The van der Waals surface area contributed by atoms with Gasteiger partial charge < -0.3 is 20.8 Å². The lowest BCUT2D eigenvalue weighted by Gasteiger charge is -2.28. The van der Waals surface area contributed by atoms with Gasteiger partial charge in [0.15, 0.2) is 0 Å². The zero-order valence-electron chi connectivity index (χ0n) is 22.9. The molecule has 0 unspecified atom stereocenters. The summed E-state index contributed by atoms with van der Waals surface area (Å²) >= 11 is 0. The van der Waals surface area contributed by atoms with Gasteiger partial charge in [-0.3, -0.25) is 19.2 Å². The Balaban J connectivity index is 1.15. The van der Waals surface area contributed by atoms with Crippen LogP contribution in [0, 0.1) is 11.8 Å². The van der Waals surface area contributed by atoms with E-state index in [0.717, 1.165) is 51.4 Å². The smallest absolute Gasteiger partial charge is 0.303 e. The largest absolute Gasteiger partial charge is 0.481 e. The monoisotopic (exact) mass is 548 g/mol. The average Bonchev–Trinajstić information content (AvgIpc) is 2.94. The highest BCUT2D eigenvalue weighted by Crippen LogP contribution is 2.38. The van der Waals surface area contributed by atoms with E-state index in [1.54, 1.807) is 0 Å². The molecule has 4 N–H and O–H groups in total. The highest BCUT2D eigenvalue weighted by molar-refractivity contribution is 5.95. The number of carbonyl (C=O) groups excluding carboxylic acids is 2. The number of rotatable bonds is 11. The predicted molar refractivity (Wildman–Crippen MR) is 152 cm³/mol. The molecule has 2 aromatic carbocycles. The second kappa shape index (κ2) is 14.1. The normalized spacial score (nSPS) is 22.7. The van der Waals surface area contributed by atoms with Gasteiger partial charge in [0.1, 0.15) is 0 Å². The minimum Gasteiger partial charge on any atom is -0.481 e. The van der Waals surface area contributed by atoms with E-state index in [1.807, 2.05) is 48.5 Å². The Kier molecular flexibility index (Phi) is 10.3. The number of anilines is 1. The molecule has 0 spiro atoms. The highest BCUT2D eigenvalue weighted by atomic mass is 16.4. The van der Waals surface area contributed by atoms with Crippen molar-refractivity contribution in [3.8, 4) is 0 Å². The summed E-state index contributed by atoms with van der Waals surface area (Å²) in [5.74, 6) is -0.465. The molecule has 0 saturated heterocycles. The molecule has 0 atom stereocenters. The summed E-state index contributed by atoms with van der Waals surface area (Å²) in [6.45, 7) is 0.234. The zero-order chi connectivity index (χ0) is 28.5. The van der Waals surface area contributed by atoms with Crippen molar-refractivity contribution in [2.45, 2.75) is 82.5 Å². The van der Waals surface area contributed by atoms with Crippen LogP contribution in [0.15, 0.2) is 48.5 Å². The van der Waals surface area contributed by atoms with Crippen LogP contribution in [0.5, 0.6) is 0 Å². The Morgan fingerprint density at radius 1 is 0.650 bits per heavy atom. The van der Waals surface area contributed by atoms with Crippen LogP contribution in [0.4, 0.5) is 5.69 Å². The molecular formula is C32H40N2O6. The summed E-state index contributed by atoms with van der Waals surface area (Å²) in [6.07, 6.45) is 8.28. The first-order chi connectivity index (χ1) is 19.3. The summed E-state index contributed by atoms with van der Waals surface area (Å²) in [7, 11) is 0. The number of carboxylic acid groups (broad SMARTS) is 2. The maximum absolute atomic E-state index is 12.6. The molecule has 2 fully saturated rings. The average molecular weight is 549 g/mol. The molecule has 0 radical (unpaired) electrons. The van der Waals surface area contributed by atoms with Crippen molar-refractivity contribution < 1.29 is 29.4 Å². The topological polar surface area (TPSA) is 133 Å². The van der Waals surface area contributed by atoms with Crippen LogP contribution in [0.3, 0.4) is 0 Å². The standard InChI is InChI=1S/C32H40N2O6/c35-29(34-28-15-13-26(14-16-28)24-7-3-22(4-8-24)20-31(38)39)17-18-33-32(40)27-11-9-25(10-12-27)23-5-1-21(2-6-23)19-30(36)37/h9-16,21-24H,1-8,17-20H2,(H,33,40)(H,34,35)(H,36,37)(H,38,39)/t21?,22-,23?,24-. The van der Waals surface area contributed by atoms with Crippen LogP contribution in [0.25, 0.3) is 0 Å². The molecule has 2 aliphatic carbocycles. The van der Waals surface area contributed by atoms with E-state index in [-0.39, 0.29) is 49.5 Å². The Bertz CT molecular complexity index is 1160. The first-order valence-corrected chi connectivity index (χ1v) is 14.5. The lowest BCUT2D eigenvalue weighted by Crippen LogP contribution is -2.27. The lowest BCUT2D eigenvalue weighted by molar-refractivity contribution is -0.139. The summed E-state index contributed by atoms with van der Waals surface area (Å²) < 4.78 is 0. The van der Waals surface area contributed by atoms with Gasteiger partial charge in [0.05, 0.1) is 0 Å². The fourth-order valence-corrected chi connectivity index (χ4v) is 6.25. The third kappa shape index (κ3) is 8.66. The molecule has 0 heterocycles. The maximum atomic E-state index is 12.6. The number of amides is 2. The van der Waals surface area contributed by atoms with Gasteiger partial charge in [-0.05, 0) is 110 Å². The molecule has 4 rings (SSSR count). The Labute approximate surface area is 235 Å². The summed E-state index contributed by atoms with van der Waals surface area (Å²) in [4.78, 5) is 46.8. The van der Waals surface area contributed by atoms with Gasteiger partial charge in [0.2, 0.25) is 5.91 Å². The summed E-state index contributed by atoms with van der Waals surface area (Å²) in [5.41, 5.74) is 3.67. The number of hydrogen-bond acceptors (Lipinski definition) is 4. The van der Waals surface area contributed by atoms with E-state index >= 15 is 0 Å². The van der Waals surface area contributed by atoms with Gasteiger partial charge in [0.25, 0.3) is 5.91 Å². The van der Waals surface area contributed by atoms with Gasteiger partial charge >= 0.3 is 11.9 Å². The van der Waals surface area contributed by atoms with Crippen LogP contribution < -0.4 is 10.6 Å². The highest BCUT2D eigenvalue weighted by Gasteiger charge is 2.25. The number of aliphatic carboxylic acids is 2. The fourth-order valence-electron chi connectivity index (χ4n) is 6.25. The first-order valence-electron chi connectivity index (χ1n) is 14.5. The van der Waals surface area contributed by atoms with Crippen LogP contribution in [-0.4, -0.2) is 40.5 Å². The maximum Gasteiger partial charge on any atom is 0.303 e. The van der Waals surface area contributed by atoms with Crippen LogP contribution in [0.1, 0.15) is 104 Å². The number of nitrogens with one attached hydrogen (secondary N) is 2. The third-order valence-corrected chi connectivity index (χ3v) is 8.57. The SMILES string of the molecule is O=C(O)CC1CCC(c2ccc(C(=O)NCCC(=O)Nc3ccc([C@H]4CC[C@H](CC(=O)O)CC4)cc3)cc2)CC1. The molecule has 2 amide bonds. The number of carbonyl (C=O) groups is 4. The van der Waals surface area contributed by atoms with Crippen molar-refractivity contribution >= 4 is 29.4 Å². The van der Waals surface area contributed by atoms with Gasteiger partial charge in [-0.15, -0.1) is 0 Å². The van der Waals surface area contributed by atoms with Crippen molar-refractivity contribution in [2.24, 2.45) is 11.8 Å². The van der Waals surface area contributed by atoms with Crippen molar-refractivity contribution in [3.05, 3.63) is 65.2 Å². The van der Waals surface area contributed by atoms with E-state index in [4.69, 9.17) is 10.2 Å². The quantitative estimate of drug-likeness (QED) is 0.275. The van der Waals surface area contributed by atoms with Gasteiger partial charge in [0, 0.05) is 37.1 Å². The Morgan fingerprint density at radius 2 is 1.10 bits per heavy atom. The van der Waals surface area contributed by atoms with E-state index < -0.39 is 11.9 Å². The molecule has 0 bridgehead atoms. The van der Waals surface area contributed by atoms with E-state index in [1.165, 1.54) is 11.1 Å². The molecule has 40 heavy (non-hydrogen) atoms. The van der Waals surface area contributed by atoms with Crippen LogP contribution >= 0.6 is 0 Å². The first kappa shape index (κ1) is 29.3. The van der Waals surface area contributed by atoms with Gasteiger partial charge in [-0.25, -0.2) is 0 Å². The van der Waals surface area contributed by atoms with Crippen molar-refractivity contribution in [1.29, 1.82) is 0 Å². The molecule has 0 aliphatic heterocycles. The van der Waals surface area contributed by atoms with Gasteiger partial charge in [-0.1, -0.05) is 24.3 Å². The number of benzene rings is 2. The molecule has 2 saturated carbocycles. The van der Waals surface area contributed by atoms with Crippen LogP contribution in [-0.2, 0) is 14.4 Å². The van der Waals surface area contributed by atoms with E-state index in [0.29, 0.717) is 23.1 Å². The van der Waals surface area contributed by atoms with Gasteiger partial charge in [-0.2, -0.15) is 0 Å². The Hall–Kier alpha value is -3.68. The van der Waals surface area contributed by atoms with Crippen molar-refractivity contribution in [3.63, 3.8) is 0 Å². The molecule has 8 nitrogen and oxygen atoms in total. The second-order valence-electron chi connectivity index (χ2n) is 11.4. The number of hydrogen-bond donors (Lipinski definition) is 4. The fraction of sp³-hybridized carbons (Fsp3) is 0.500. The molecule has 2 aliphatic rings. The second-order valence-corrected chi connectivity index (χ2v) is 11.4. The van der Waals surface area contributed by atoms with Crippen molar-refractivity contribution in [1.82, 2.24) is 5.32 Å². The summed E-state index contributed by atoms with van der Waals surface area (Å²) in [6, 6.07) is 15.5. The van der Waals surface area contributed by atoms with Crippen molar-refractivity contribution in [2.75, 3.05) is 11.9 Å². The third-order valence-electron chi connectivity index (χ3n) is 8.57. The molecular weight excluding hydrogens is 508 g/mol. The van der Waals surface area contributed by atoms with Crippen LogP contribution in [0.2, 0.25) is 0 Å². The minimum absolute atomic E-state index is 0.165. The van der Waals surface area contributed by atoms with E-state index in [9.17, 15) is 19.2 Å². The van der Waals surface area contributed by atoms with E-state index in [2.05, 4.69) is 10.6 Å². The lowest BCUT2D eigenvalue weighted by atomic mass is 9.77. The minimum atomic E-state index is -0.726. The zero-order valence-corrected chi connectivity index (χ0v) is 22.9.